The van der Waals surface area contributed by atoms with Crippen LogP contribution in [0.3, 0.4) is 0 Å². The van der Waals surface area contributed by atoms with Crippen molar-refractivity contribution in [1.82, 2.24) is 14.9 Å². The van der Waals surface area contributed by atoms with Gasteiger partial charge in [0.2, 0.25) is 0 Å². The summed E-state index contributed by atoms with van der Waals surface area (Å²) < 4.78 is 7.30. The number of nitrogens with zero attached hydrogens (tertiary/aromatic N) is 2. The highest BCUT2D eigenvalue weighted by atomic mass is 16.5. The van der Waals surface area contributed by atoms with E-state index in [1.165, 1.54) is 22.3 Å². The lowest BCUT2D eigenvalue weighted by Gasteiger charge is -2.56. The molecule has 7 unspecified atom stereocenters. The molecule has 0 radical (unpaired) electrons. The van der Waals surface area contributed by atoms with Crippen molar-refractivity contribution in [1.29, 1.82) is 0 Å². The summed E-state index contributed by atoms with van der Waals surface area (Å²) in [6.07, 6.45) is 9.29. The van der Waals surface area contributed by atoms with E-state index in [2.05, 4.69) is 54.2 Å². The maximum atomic E-state index is 11.2. The minimum Gasteiger partial charge on any atom is -0.388 e. The molecule has 6 heteroatoms. The molecule has 6 nitrogen and oxygen atoms in total. The molecule has 5 aliphatic rings. The van der Waals surface area contributed by atoms with Gasteiger partial charge in [-0.1, -0.05) is 30.7 Å². The average molecular weight is 474 g/mol. The molecule has 184 valence electrons. The van der Waals surface area contributed by atoms with Gasteiger partial charge in [-0.3, -0.25) is 0 Å². The number of aromatic nitrogens is 2. The quantitative estimate of drug-likeness (QED) is 0.615. The topological polar surface area (TPSA) is 81.6 Å². The van der Waals surface area contributed by atoms with Gasteiger partial charge >= 0.3 is 0 Å². The number of aliphatic hydroxyl groups is 2. The van der Waals surface area contributed by atoms with Crippen LogP contribution in [0.1, 0.15) is 51.5 Å². The van der Waals surface area contributed by atoms with E-state index < -0.39 is 17.8 Å². The molecule has 35 heavy (non-hydrogen) atoms. The maximum absolute atomic E-state index is 11.2. The van der Waals surface area contributed by atoms with Crippen molar-refractivity contribution in [2.75, 3.05) is 14.1 Å². The van der Waals surface area contributed by atoms with E-state index >= 15 is 0 Å². The van der Waals surface area contributed by atoms with Crippen molar-refractivity contribution in [2.24, 2.45) is 11.3 Å². The molecule has 2 fully saturated rings. The number of hydrogen-bond acceptors (Lipinski definition) is 5. The van der Waals surface area contributed by atoms with Crippen LogP contribution >= 0.6 is 0 Å². The SMILES string of the molecule is CC1=C2C=C3C(O)C(O)C(N(C)C)CC34CCC2(O4)C2CC=C(c3ccc4nc[nH]c4c3)C2(C)C1. The minimum absolute atomic E-state index is 0.0219. The zero-order chi connectivity index (χ0) is 24.3. The number of imidazole rings is 1. The number of likely N-dealkylation sites (N-methyl/N-ethyl adjacent to an activating group) is 1. The van der Waals surface area contributed by atoms with Gasteiger partial charge in [-0.25, -0.2) is 4.98 Å². The van der Waals surface area contributed by atoms with E-state index in [0.717, 1.165) is 48.7 Å². The number of nitrogens with one attached hydrogen (secondary N) is 1. The Bertz CT molecular complexity index is 1340. The summed E-state index contributed by atoms with van der Waals surface area (Å²) in [4.78, 5) is 9.71. The van der Waals surface area contributed by atoms with Gasteiger partial charge in [0.25, 0.3) is 0 Å². The van der Waals surface area contributed by atoms with Crippen molar-refractivity contribution < 1.29 is 14.9 Å². The van der Waals surface area contributed by atoms with Gasteiger partial charge in [-0.2, -0.15) is 0 Å². The van der Waals surface area contributed by atoms with Gasteiger partial charge in [0.05, 0.1) is 34.7 Å². The second kappa shape index (κ2) is 6.94. The van der Waals surface area contributed by atoms with Gasteiger partial charge in [0.15, 0.2) is 0 Å². The molecule has 1 saturated heterocycles. The number of aromatic amines is 1. The zero-order valence-electron chi connectivity index (χ0n) is 21.0. The van der Waals surface area contributed by atoms with Gasteiger partial charge < -0.3 is 24.8 Å². The van der Waals surface area contributed by atoms with Gasteiger partial charge in [0, 0.05) is 17.4 Å². The largest absolute Gasteiger partial charge is 0.388 e. The first-order valence-corrected chi connectivity index (χ1v) is 13.0. The van der Waals surface area contributed by atoms with E-state index in [9.17, 15) is 10.2 Å². The molecule has 3 N–H and O–H groups in total. The fourth-order valence-electron chi connectivity index (χ4n) is 8.55. The molecular formula is C29H35N3O3. The molecule has 7 rings (SSSR count). The van der Waals surface area contributed by atoms with Gasteiger partial charge in [-0.15, -0.1) is 0 Å². The molecule has 3 aliphatic carbocycles. The van der Waals surface area contributed by atoms with Gasteiger partial charge in [0.1, 0.15) is 6.10 Å². The second-order valence-corrected chi connectivity index (χ2v) is 12.1. The first-order chi connectivity index (χ1) is 16.7. The van der Waals surface area contributed by atoms with E-state index in [4.69, 9.17) is 4.74 Å². The monoisotopic (exact) mass is 473 g/mol. The predicted octanol–water partition coefficient (Wildman–Crippen LogP) is 3.98. The summed E-state index contributed by atoms with van der Waals surface area (Å²) in [5.74, 6) is 0.347. The van der Waals surface area contributed by atoms with E-state index in [1.54, 1.807) is 6.33 Å². The number of ether oxygens (including phenoxy) is 1. The number of benzene rings is 1. The van der Waals surface area contributed by atoms with Crippen LogP contribution in [0.15, 0.2) is 53.4 Å². The number of fused-ring (bicyclic) bond motifs is 2. The van der Waals surface area contributed by atoms with Crippen LogP contribution in [0.4, 0.5) is 0 Å². The first kappa shape index (κ1) is 22.0. The highest BCUT2D eigenvalue weighted by molar-refractivity contribution is 5.83. The molecule has 1 aromatic heterocycles. The zero-order valence-corrected chi connectivity index (χ0v) is 21.0. The molecular weight excluding hydrogens is 438 g/mol. The van der Waals surface area contributed by atoms with Crippen LogP contribution in [-0.4, -0.2) is 68.6 Å². The molecule has 2 aliphatic heterocycles. The van der Waals surface area contributed by atoms with Crippen molar-refractivity contribution in [2.45, 2.75) is 75.4 Å². The van der Waals surface area contributed by atoms with Crippen molar-refractivity contribution >= 4 is 16.6 Å². The standard InChI is InChI=1S/C29H35N3O3/c1-16-13-27(2)18(17-5-7-21-22(11-17)31-15-30-21)6-8-24(27)29-10-9-28(35-29)14-23(32(3)4)26(34)25(33)20(28)12-19(16)29/h5-7,11-12,15,23-26,33-34H,8-10,13-14H2,1-4H3,(H,30,31). The summed E-state index contributed by atoms with van der Waals surface area (Å²) in [6.45, 7) is 4.67. The average Bonchev–Trinajstić information content (AvgIpc) is 3.50. The minimum atomic E-state index is -0.890. The molecule has 2 spiro atoms. The van der Waals surface area contributed by atoms with Crippen molar-refractivity contribution in [3.8, 4) is 0 Å². The third kappa shape index (κ3) is 2.66. The Kier molecular flexibility index (Phi) is 4.36. The highest BCUT2D eigenvalue weighted by Crippen LogP contribution is 2.68. The lowest BCUT2D eigenvalue weighted by molar-refractivity contribution is -0.162. The molecule has 2 aromatic rings. The van der Waals surface area contributed by atoms with Crippen molar-refractivity contribution in [3.05, 3.63) is 59.0 Å². The summed E-state index contributed by atoms with van der Waals surface area (Å²) in [7, 11) is 3.96. The Morgan fingerprint density at radius 2 is 2.03 bits per heavy atom. The normalized spacial score (nSPS) is 42.1. The Balaban J connectivity index is 1.34. The third-order valence-corrected chi connectivity index (χ3v) is 10.1. The Labute approximate surface area is 206 Å². The summed E-state index contributed by atoms with van der Waals surface area (Å²) in [6, 6.07) is 6.44. The van der Waals surface area contributed by atoms with E-state index in [-0.39, 0.29) is 17.1 Å². The lowest BCUT2D eigenvalue weighted by atomic mass is 9.56. The van der Waals surface area contributed by atoms with Crippen LogP contribution in [0.25, 0.3) is 16.6 Å². The summed E-state index contributed by atoms with van der Waals surface area (Å²) >= 11 is 0. The molecule has 1 aromatic carbocycles. The van der Waals surface area contributed by atoms with Crippen LogP contribution in [-0.2, 0) is 4.74 Å². The summed E-state index contributed by atoms with van der Waals surface area (Å²) in [5.41, 5.74) is 7.39. The first-order valence-electron chi connectivity index (χ1n) is 13.0. The number of allylic oxidation sites excluding steroid dienone is 3. The molecule has 0 amide bonds. The second-order valence-electron chi connectivity index (χ2n) is 12.1. The molecule has 7 atom stereocenters. The predicted molar refractivity (Wildman–Crippen MR) is 136 cm³/mol. The maximum Gasteiger partial charge on any atom is 0.105 e. The molecule has 1 saturated carbocycles. The smallest absolute Gasteiger partial charge is 0.105 e. The lowest BCUT2D eigenvalue weighted by Crippen LogP contribution is -2.62. The fourth-order valence-corrected chi connectivity index (χ4v) is 8.55. The molecule has 2 bridgehead atoms. The number of aliphatic hydroxyl groups excluding tert-OH is 2. The summed E-state index contributed by atoms with van der Waals surface area (Å²) in [5, 5.41) is 22.1. The Morgan fingerprint density at radius 3 is 2.83 bits per heavy atom. The van der Waals surface area contributed by atoms with E-state index in [1.807, 2.05) is 19.0 Å². The highest BCUT2D eigenvalue weighted by Gasteiger charge is 2.68. The van der Waals surface area contributed by atoms with Crippen LogP contribution in [0.5, 0.6) is 0 Å². The Morgan fingerprint density at radius 1 is 1.20 bits per heavy atom. The fraction of sp³-hybridized carbons (Fsp3) is 0.552. The Hall–Kier alpha value is -2.25. The van der Waals surface area contributed by atoms with Crippen molar-refractivity contribution in [3.63, 3.8) is 0 Å². The van der Waals surface area contributed by atoms with Crippen LogP contribution < -0.4 is 0 Å². The van der Waals surface area contributed by atoms with Crippen LogP contribution in [0.2, 0.25) is 0 Å². The number of hydrogen-bond donors (Lipinski definition) is 3. The number of H-pyrrole nitrogens is 1. The number of rotatable bonds is 2. The van der Waals surface area contributed by atoms with E-state index in [0.29, 0.717) is 5.92 Å². The molecule has 3 heterocycles. The van der Waals surface area contributed by atoms with Gasteiger partial charge in [-0.05, 0) is 87.5 Å². The third-order valence-electron chi connectivity index (χ3n) is 10.1. The van der Waals surface area contributed by atoms with Crippen LogP contribution in [0, 0.1) is 11.3 Å².